The van der Waals surface area contributed by atoms with Crippen molar-refractivity contribution in [3.05, 3.63) is 35.2 Å². The molecule has 0 unspecified atom stereocenters. The van der Waals surface area contributed by atoms with Gasteiger partial charge in [0.25, 0.3) is 0 Å². The van der Waals surface area contributed by atoms with E-state index in [0.717, 1.165) is 4.31 Å². The largest absolute Gasteiger partial charge is 0.461 e. The molecule has 0 amide bonds. The number of aromatic nitrogens is 1. The van der Waals surface area contributed by atoms with Crippen LogP contribution in [0.3, 0.4) is 0 Å². The number of esters is 1. The summed E-state index contributed by atoms with van der Waals surface area (Å²) in [5.74, 6) is -0.939. The van der Waals surface area contributed by atoms with Crippen molar-refractivity contribution in [2.45, 2.75) is 41.2 Å². The molecule has 0 bridgehead atoms. The average Bonchev–Trinajstić information content (AvgIpc) is 2.84. The molecule has 1 aromatic heterocycles. The van der Waals surface area contributed by atoms with E-state index in [-0.39, 0.29) is 31.2 Å². The van der Waals surface area contributed by atoms with Crippen molar-refractivity contribution in [2.24, 2.45) is 0 Å². The molecule has 1 heterocycles. The summed E-state index contributed by atoms with van der Waals surface area (Å²) in [5, 5.41) is 0. The Morgan fingerprint density at radius 2 is 1.85 bits per heavy atom. The summed E-state index contributed by atoms with van der Waals surface area (Å²) < 4.78 is 32.3. The van der Waals surface area contributed by atoms with Crippen LogP contribution in [0.1, 0.15) is 52.9 Å². The van der Waals surface area contributed by atoms with Crippen molar-refractivity contribution >= 4 is 21.8 Å². The first-order valence-corrected chi connectivity index (χ1v) is 10.3. The van der Waals surface area contributed by atoms with Gasteiger partial charge in [0, 0.05) is 24.3 Å². The lowest BCUT2D eigenvalue weighted by molar-refractivity contribution is 0.0512. The molecule has 0 atom stereocenters. The molecule has 0 radical (unpaired) electrons. The maximum Gasteiger partial charge on any atom is 0.355 e. The molecule has 146 valence electrons. The number of Topliss-reactive ketones (excluding diaryl/α,β-unsaturated/α-hetero) is 1. The van der Waals surface area contributed by atoms with E-state index in [1.807, 2.05) is 6.92 Å². The average molecular weight is 384 g/mol. The van der Waals surface area contributed by atoms with Gasteiger partial charge in [-0.3, -0.25) is 4.79 Å². The predicted molar refractivity (Wildman–Crippen MR) is 101 cm³/mol. The molecule has 26 heavy (non-hydrogen) atoms. The summed E-state index contributed by atoms with van der Waals surface area (Å²) in [7, 11) is -3.54. The zero-order valence-electron chi connectivity index (χ0n) is 16.2. The fourth-order valence-electron chi connectivity index (χ4n) is 3.01. The lowest BCUT2D eigenvalue weighted by Gasteiger charge is -2.19. The Kier molecular flexibility index (Phi) is 7.77. The van der Waals surface area contributed by atoms with Crippen LogP contribution in [0.25, 0.3) is 0 Å². The van der Waals surface area contributed by atoms with Gasteiger partial charge >= 0.3 is 5.97 Å². The monoisotopic (exact) mass is 384 g/mol. The molecule has 1 aromatic rings. The molecule has 0 saturated heterocycles. The van der Waals surface area contributed by atoms with Gasteiger partial charge in [0.05, 0.1) is 18.9 Å². The summed E-state index contributed by atoms with van der Waals surface area (Å²) in [4.78, 5) is 25.2. The van der Waals surface area contributed by atoms with Crippen molar-refractivity contribution in [2.75, 3.05) is 25.4 Å². The molecule has 0 spiro atoms. The first-order valence-electron chi connectivity index (χ1n) is 8.64. The fourth-order valence-corrected chi connectivity index (χ4v) is 4.02. The minimum Gasteiger partial charge on any atom is -0.461 e. The number of carbonyl (C=O) groups excluding carboxylic acids is 2. The van der Waals surface area contributed by atoms with Gasteiger partial charge in [0.1, 0.15) is 5.69 Å². The quantitative estimate of drug-likeness (QED) is 0.351. The highest BCUT2D eigenvalue weighted by Gasteiger charge is 2.29. The van der Waals surface area contributed by atoms with E-state index in [4.69, 9.17) is 4.74 Å². The van der Waals surface area contributed by atoms with Crippen molar-refractivity contribution in [1.82, 2.24) is 8.87 Å². The Hall–Kier alpha value is -1.93. The van der Waals surface area contributed by atoms with E-state index in [9.17, 15) is 18.0 Å². The molecule has 0 fully saturated rings. The van der Waals surface area contributed by atoms with Gasteiger partial charge < -0.3 is 9.30 Å². The van der Waals surface area contributed by atoms with Crippen LogP contribution in [0.5, 0.6) is 0 Å². The van der Waals surface area contributed by atoms with Crippen LogP contribution >= 0.6 is 0 Å². The molecule has 0 aliphatic heterocycles. The second-order valence-corrected chi connectivity index (χ2v) is 8.06. The summed E-state index contributed by atoms with van der Waals surface area (Å²) in [5.41, 5.74) is 1.85. The number of rotatable bonds is 10. The molecule has 8 heteroatoms. The molecule has 0 aliphatic carbocycles. The van der Waals surface area contributed by atoms with E-state index in [2.05, 4.69) is 6.58 Å². The van der Waals surface area contributed by atoms with Gasteiger partial charge in [0.2, 0.25) is 10.0 Å². The van der Waals surface area contributed by atoms with Crippen LogP contribution in [-0.4, -0.2) is 54.5 Å². The lowest BCUT2D eigenvalue weighted by atomic mass is 10.1. The third-order valence-corrected chi connectivity index (χ3v) is 6.04. The highest BCUT2D eigenvalue weighted by atomic mass is 32.2. The van der Waals surface area contributed by atoms with Crippen LogP contribution in [-0.2, 0) is 21.3 Å². The number of sulfonamides is 1. The van der Waals surface area contributed by atoms with E-state index >= 15 is 0 Å². The van der Waals surface area contributed by atoms with Gasteiger partial charge in [-0.1, -0.05) is 6.08 Å². The molecule has 1 rings (SSSR count). The zero-order valence-corrected chi connectivity index (χ0v) is 17.0. The summed E-state index contributed by atoms with van der Waals surface area (Å²) >= 11 is 0. The molecule has 0 N–H and O–H groups in total. The molecule has 7 nitrogen and oxygen atoms in total. The number of hydrogen-bond acceptors (Lipinski definition) is 5. The van der Waals surface area contributed by atoms with Gasteiger partial charge in [-0.2, -0.15) is 4.31 Å². The number of nitrogens with zero attached hydrogens (tertiary/aromatic N) is 2. The number of ketones is 1. The second-order valence-electron chi connectivity index (χ2n) is 5.80. The number of hydrogen-bond donors (Lipinski definition) is 0. The maximum absolute atomic E-state index is 12.9. The van der Waals surface area contributed by atoms with Crippen LogP contribution in [0.4, 0.5) is 0 Å². The van der Waals surface area contributed by atoms with Crippen LogP contribution in [0.15, 0.2) is 12.7 Å². The van der Waals surface area contributed by atoms with Crippen LogP contribution in [0, 0.1) is 13.8 Å². The van der Waals surface area contributed by atoms with Crippen molar-refractivity contribution in [3.8, 4) is 0 Å². The summed E-state index contributed by atoms with van der Waals surface area (Å²) in [6, 6.07) is 0. The van der Waals surface area contributed by atoms with E-state index in [1.165, 1.54) is 13.0 Å². The molecule has 0 saturated carbocycles. The Labute approximate surface area is 155 Å². The van der Waals surface area contributed by atoms with Crippen LogP contribution < -0.4 is 0 Å². The van der Waals surface area contributed by atoms with E-state index in [0.29, 0.717) is 29.1 Å². The first kappa shape index (κ1) is 22.1. The SMILES string of the molecule is C=CCN(CC(=O)c1c(C)c(C(=O)OCC)n(CC)c1C)S(=O)(=O)CC. The van der Waals surface area contributed by atoms with Gasteiger partial charge in [-0.05, 0) is 40.2 Å². The Balaban J connectivity index is 3.36. The smallest absolute Gasteiger partial charge is 0.355 e. The van der Waals surface area contributed by atoms with Crippen LogP contribution in [0.2, 0.25) is 0 Å². The Morgan fingerprint density at radius 3 is 2.31 bits per heavy atom. The number of ether oxygens (including phenoxy) is 1. The highest BCUT2D eigenvalue weighted by Crippen LogP contribution is 2.24. The van der Waals surface area contributed by atoms with E-state index in [1.54, 1.807) is 25.3 Å². The standard InChI is InChI=1S/C18H28N2O5S/c1-7-11-19(26(23,24)10-4)12-15(21)16-13(5)17(18(22)25-9-3)20(8-2)14(16)6/h7H,1,8-12H2,2-6H3. The summed E-state index contributed by atoms with van der Waals surface area (Å²) in [6.45, 7) is 12.6. The Morgan fingerprint density at radius 1 is 1.23 bits per heavy atom. The minimum absolute atomic E-state index is 0.0548. The minimum atomic E-state index is -3.54. The summed E-state index contributed by atoms with van der Waals surface area (Å²) in [6.07, 6.45) is 1.45. The topological polar surface area (TPSA) is 85.7 Å². The van der Waals surface area contributed by atoms with Crippen molar-refractivity contribution in [1.29, 1.82) is 0 Å². The molecule has 0 aliphatic rings. The normalized spacial score (nSPS) is 11.6. The molecule has 0 aromatic carbocycles. The van der Waals surface area contributed by atoms with Crippen molar-refractivity contribution < 1.29 is 22.7 Å². The second kappa shape index (κ2) is 9.14. The predicted octanol–water partition coefficient (Wildman–Crippen LogP) is 2.32. The van der Waals surface area contributed by atoms with Gasteiger partial charge in [0.15, 0.2) is 5.78 Å². The molecular weight excluding hydrogens is 356 g/mol. The zero-order chi connectivity index (χ0) is 20.1. The van der Waals surface area contributed by atoms with Crippen molar-refractivity contribution in [3.63, 3.8) is 0 Å². The highest BCUT2D eigenvalue weighted by molar-refractivity contribution is 7.89. The maximum atomic E-state index is 12.9. The third kappa shape index (κ3) is 4.42. The van der Waals surface area contributed by atoms with E-state index < -0.39 is 16.0 Å². The lowest BCUT2D eigenvalue weighted by Crippen LogP contribution is -2.37. The Bertz CT molecular complexity index is 793. The number of carbonyl (C=O) groups is 2. The fraction of sp³-hybridized carbons (Fsp3) is 0.556. The third-order valence-electron chi connectivity index (χ3n) is 4.24. The first-order chi connectivity index (χ1) is 12.2. The molecular formula is C18H28N2O5S. The van der Waals surface area contributed by atoms with Gasteiger partial charge in [-0.15, -0.1) is 6.58 Å². The van der Waals surface area contributed by atoms with Gasteiger partial charge in [-0.25, -0.2) is 13.2 Å².